The lowest BCUT2D eigenvalue weighted by molar-refractivity contribution is -0.127. The van der Waals surface area contributed by atoms with Crippen LogP contribution in [0.5, 0.6) is 0 Å². The molecule has 4 nitrogen and oxygen atoms in total. The molecule has 1 amide bonds. The molecule has 0 radical (unpaired) electrons. The monoisotopic (exact) mass is 325 g/mol. The molecule has 0 spiro atoms. The van der Waals surface area contributed by atoms with Crippen LogP contribution in [0.3, 0.4) is 0 Å². The number of nitrogens with zero attached hydrogens (tertiary/aromatic N) is 3. The first-order chi connectivity index (χ1) is 9.49. The highest BCUT2D eigenvalue weighted by Gasteiger charge is 2.18. The summed E-state index contributed by atoms with van der Waals surface area (Å²) in [5, 5.41) is 4.31. The van der Waals surface area contributed by atoms with E-state index in [4.69, 9.17) is 12.2 Å². The quantitative estimate of drug-likeness (QED) is 0.639. The molecule has 1 aromatic heterocycles. The van der Waals surface area contributed by atoms with Gasteiger partial charge in [0, 0.05) is 14.1 Å². The summed E-state index contributed by atoms with van der Waals surface area (Å²) in [6.07, 6.45) is 0. The second-order valence-electron chi connectivity index (χ2n) is 4.37. The molecule has 20 heavy (non-hydrogen) atoms. The predicted molar refractivity (Wildman–Crippen MR) is 86.3 cm³/mol. The zero-order valence-corrected chi connectivity index (χ0v) is 13.9. The number of amides is 1. The highest BCUT2D eigenvalue weighted by molar-refractivity contribution is 8.02. The Balaban J connectivity index is 2.20. The molecule has 7 heteroatoms. The van der Waals surface area contributed by atoms with E-state index in [0.717, 1.165) is 10.0 Å². The molecule has 0 N–H and O–H groups in total. The number of hydrogen-bond acceptors (Lipinski definition) is 5. The molecule has 0 saturated carbocycles. The topological polar surface area (TPSA) is 38.1 Å². The Morgan fingerprint density at radius 3 is 2.65 bits per heavy atom. The second kappa shape index (κ2) is 6.51. The fourth-order valence-corrected chi connectivity index (χ4v) is 4.26. The molecule has 1 atom stereocenters. The van der Waals surface area contributed by atoms with Crippen molar-refractivity contribution in [2.24, 2.45) is 0 Å². The Hall–Kier alpha value is -1.18. The first kappa shape index (κ1) is 15.2. The van der Waals surface area contributed by atoms with Crippen LogP contribution < -0.4 is 0 Å². The van der Waals surface area contributed by atoms with E-state index in [9.17, 15) is 4.79 Å². The van der Waals surface area contributed by atoms with Crippen LogP contribution in [0.4, 0.5) is 0 Å². The predicted octanol–water partition coefficient (Wildman–Crippen LogP) is 3.23. The van der Waals surface area contributed by atoms with E-state index >= 15 is 0 Å². The molecule has 0 fully saturated rings. The zero-order valence-electron chi connectivity index (χ0n) is 11.4. The SMILES string of the molecule is CC(Sc1nn(-c2ccccc2)c(=S)s1)C(=O)N(C)C. The summed E-state index contributed by atoms with van der Waals surface area (Å²) in [6, 6.07) is 9.76. The Morgan fingerprint density at radius 2 is 2.05 bits per heavy atom. The summed E-state index contributed by atoms with van der Waals surface area (Å²) in [4.78, 5) is 13.4. The molecule has 0 bridgehead atoms. The Labute approximate surface area is 131 Å². The maximum Gasteiger partial charge on any atom is 0.235 e. The number of hydrogen-bond donors (Lipinski definition) is 0. The van der Waals surface area contributed by atoms with E-state index in [2.05, 4.69) is 5.10 Å². The third kappa shape index (κ3) is 3.47. The van der Waals surface area contributed by atoms with E-state index in [0.29, 0.717) is 3.95 Å². The van der Waals surface area contributed by atoms with Crippen LogP contribution in [-0.4, -0.2) is 39.9 Å². The van der Waals surface area contributed by atoms with E-state index in [1.807, 2.05) is 37.3 Å². The van der Waals surface area contributed by atoms with Crippen molar-refractivity contribution in [3.63, 3.8) is 0 Å². The average molecular weight is 325 g/mol. The average Bonchev–Trinajstić information content (AvgIpc) is 2.79. The maximum absolute atomic E-state index is 11.9. The van der Waals surface area contributed by atoms with Gasteiger partial charge in [-0.05, 0) is 31.3 Å². The number of carbonyl (C=O) groups is 1. The van der Waals surface area contributed by atoms with Crippen molar-refractivity contribution >= 4 is 41.2 Å². The van der Waals surface area contributed by atoms with Crippen LogP contribution in [0.15, 0.2) is 34.7 Å². The molecule has 0 aliphatic heterocycles. The minimum Gasteiger partial charge on any atom is -0.348 e. The van der Waals surface area contributed by atoms with Crippen molar-refractivity contribution in [3.8, 4) is 5.69 Å². The summed E-state index contributed by atoms with van der Waals surface area (Å²) in [7, 11) is 3.51. The van der Waals surface area contributed by atoms with Gasteiger partial charge in [0.2, 0.25) is 5.91 Å². The molecule has 1 aromatic carbocycles. The van der Waals surface area contributed by atoms with Crippen molar-refractivity contribution in [1.82, 2.24) is 14.7 Å². The fraction of sp³-hybridized carbons (Fsp3) is 0.308. The Bertz CT molecular complexity index is 648. The fourth-order valence-electron chi connectivity index (χ4n) is 1.61. The van der Waals surface area contributed by atoms with Gasteiger partial charge in [0.1, 0.15) is 0 Å². The summed E-state index contributed by atoms with van der Waals surface area (Å²) < 4.78 is 3.22. The van der Waals surface area contributed by atoms with Gasteiger partial charge in [0.25, 0.3) is 0 Å². The third-order valence-electron chi connectivity index (χ3n) is 2.60. The smallest absolute Gasteiger partial charge is 0.235 e. The molecular formula is C13H15N3OS3. The molecule has 0 saturated heterocycles. The van der Waals surface area contributed by atoms with E-state index < -0.39 is 0 Å². The number of aromatic nitrogens is 2. The Morgan fingerprint density at radius 1 is 1.40 bits per heavy atom. The van der Waals surface area contributed by atoms with Gasteiger partial charge in [-0.15, -0.1) is 5.10 Å². The number of rotatable bonds is 4. The first-order valence-corrected chi connectivity index (χ1v) is 8.13. The number of benzene rings is 1. The lowest BCUT2D eigenvalue weighted by Gasteiger charge is -2.14. The number of carbonyl (C=O) groups excluding carboxylic acids is 1. The van der Waals surface area contributed by atoms with Gasteiger partial charge >= 0.3 is 0 Å². The lowest BCUT2D eigenvalue weighted by atomic mass is 10.3. The lowest BCUT2D eigenvalue weighted by Crippen LogP contribution is -2.29. The third-order valence-corrected chi connectivity index (χ3v) is 5.00. The maximum atomic E-state index is 11.9. The summed E-state index contributed by atoms with van der Waals surface area (Å²) in [5.74, 6) is 0.0716. The van der Waals surface area contributed by atoms with Crippen LogP contribution in [0.25, 0.3) is 5.69 Å². The molecular weight excluding hydrogens is 310 g/mol. The second-order valence-corrected chi connectivity index (χ2v) is 7.58. The van der Waals surface area contributed by atoms with Gasteiger partial charge in [-0.1, -0.05) is 41.3 Å². The van der Waals surface area contributed by atoms with Gasteiger partial charge in [-0.2, -0.15) is 0 Å². The van der Waals surface area contributed by atoms with Gasteiger partial charge in [0.05, 0.1) is 10.9 Å². The summed E-state index contributed by atoms with van der Waals surface area (Å²) in [6.45, 7) is 1.88. The first-order valence-electron chi connectivity index (χ1n) is 6.02. The summed E-state index contributed by atoms with van der Waals surface area (Å²) in [5.41, 5.74) is 0.937. The molecule has 2 aromatic rings. The van der Waals surface area contributed by atoms with E-state index in [-0.39, 0.29) is 11.2 Å². The highest BCUT2D eigenvalue weighted by atomic mass is 32.2. The largest absolute Gasteiger partial charge is 0.348 e. The van der Waals surface area contributed by atoms with Crippen molar-refractivity contribution < 1.29 is 4.79 Å². The van der Waals surface area contributed by atoms with Gasteiger partial charge in [-0.25, -0.2) is 4.68 Å². The van der Waals surface area contributed by atoms with E-state index in [1.54, 1.807) is 23.7 Å². The molecule has 1 unspecified atom stereocenters. The van der Waals surface area contributed by atoms with Crippen molar-refractivity contribution in [3.05, 3.63) is 34.3 Å². The number of para-hydroxylation sites is 1. The van der Waals surface area contributed by atoms with Crippen molar-refractivity contribution in [2.45, 2.75) is 16.5 Å². The van der Waals surface area contributed by atoms with Crippen LogP contribution in [0, 0.1) is 3.95 Å². The Kier molecular flexibility index (Phi) is 4.95. The standard InChI is InChI=1S/C13H15N3OS3/c1-9(11(17)15(2)3)19-12-14-16(13(18)20-12)10-7-5-4-6-8-10/h4-9H,1-3H3. The molecule has 0 aliphatic rings. The number of thioether (sulfide) groups is 1. The van der Waals surface area contributed by atoms with Crippen LogP contribution >= 0.6 is 35.3 Å². The van der Waals surface area contributed by atoms with Gasteiger partial charge in [0.15, 0.2) is 8.29 Å². The highest BCUT2D eigenvalue weighted by Crippen LogP contribution is 2.28. The normalized spacial score (nSPS) is 12.2. The molecule has 1 heterocycles. The molecule has 2 rings (SSSR count). The minimum absolute atomic E-state index is 0.0716. The minimum atomic E-state index is -0.172. The van der Waals surface area contributed by atoms with Gasteiger partial charge in [-0.3, -0.25) is 4.79 Å². The van der Waals surface area contributed by atoms with Crippen LogP contribution in [0.1, 0.15) is 6.92 Å². The van der Waals surface area contributed by atoms with Crippen LogP contribution in [-0.2, 0) is 4.79 Å². The van der Waals surface area contributed by atoms with Crippen molar-refractivity contribution in [2.75, 3.05) is 14.1 Å². The van der Waals surface area contributed by atoms with E-state index in [1.165, 1.54) is 23.1 Å². The zero-order chi connectivity index (χ0) is 14.7. The van der Waals surface area contributed by atoms with Crippen molar-refractivity contribution in [1.29, 1.82) is 0 Å². The molecule has 106 valence electrons. The van der Waals surface area contributed by atoms with Gasteiger partial charge < -0.3 is 4.90 Å². The summed E-state index contributed by atoms with van der Waals surface area (Å²) >= 11 is 8.20. The van der Waals surface area contributed by atoms with Crippen LogP contribution in [0.2, 0.25) is 0 Å². The molecule has 0 aliphatic carbocycles.